The van der Waals surface area contributed by atoms with Gasteiger partial charge in [0.15, 0.2) is 11.5 Å². The van der Waals surface area contributed by atoms with Gasteiger partial charge in [0.1, 0.15) is 0 Å². The first-order valence-electron chi connectivity index (χ1n) is 6.41. The highest BCUT2D eigenvalue weighted by Gasteiger charge is 2.16. The van der Waals surface area contributed by atoms with Crippen LogP contribution in [0.1, 0.15) is 16.7 Å². The molecule has 0 spiro atoms. The minimum atomic E-state index is 0.315. The molecule has 0 unspecified atom stereocenters. The zero-order chi connectivity index (χ0) is 14.1. The van der Waals surface area contributed by atoms with Gasteiger partial charge in [-0.3, -0.25) is 0 Å². The van der Waals surface area contributed by atoms with Gasteiger partial charge in [0.25, 0.3) is 0 Å². The zero-order valence-corrected chi connectivity index (χ0v) is 13.8. The molecule has 0 N–H and O–H groups in total. The van der Waals surface area contributed by atoms with E-state index >= 15 is 0 Å². The van der Waals surface area contributed by atoms with Gasteiger partial charge >= 0.3 is 0 Å². The lowest BCUT2D eigenvalue weighted by Crippen LogP contribution is -1.92. The van der Waals surface area contributed by atoms with Crippen LogP contribution >= 0.6 is 27.7 Å². The molecule has 0 fully saturated rings. The molecular weight excluding hydrogens is 336 g/mol. The standard InChI is InChI=1S/C16H15BrO2S/c1-10-3-4-16(11(2)5-10)20-8-12-6-14-15(7-13(12)17)19-9-18-14/h3-7H,8-9H2,1-2H3. The predicted molar refractivity (Wildman–Crippen MR) is 85.7 cm³/mol. The van der Waals surface area contributed by atoms with E-state index in [4.69, 9.17) is 9.47 Å². The normalized spacial score (nSPS) is 12.8. The van der Waals surface area contributed by atoms with Crippen molar-refractivity contribution in [1.29, 1.82) is 0 Å². The Hall–Kier alpha value is -1.13. The van der Waals surface area contributed by atoms with E-state index in [9.17, 15) is 0 Å². The summed E-state index contributed by atoms with van der Waals surface area (Å²) >= 11 is 5.45. The van der Waals surface area contributed by atoms with Gasteiger partial charge in [0.2, 0.25) is 6.79 Å². The van der Waals surface area contributed by atoms with Crippen LogP contribution in [-0.4, -0.2) is 6.79 Å². The Balaban J connectivity index is 1.78. The van der Waals surface area contributed by atoms with Crippen LogP contribution in [0.2, 0.25) is 0 Å². The summed E-state index contributed by atoms with van der Waals surface area (Å²) in [5.41, 5.74) is 3.85. The molecule has 2 aromatic carbocycles. The second-order valence-electron chi connectivity index (χ2n) is 4.85. The molecular formula is C16H15BrO2S. The van der Waals surface area contributed by atoms with Crippen LogP contribution in [0.4, 0.5) is 0 Å². The van der Waals surface area contributed by atoms with Crippen molar-refractivity contribution in [1.82, 2.24) is 0 Å². The molecule has 0 radical (unpaired) electrons. The largest absolute Gasteiger partial charge is 0.454 e. The van der Waals surface area contributed by atoms with Gasteiger partial charge < -0.3 is 9.47 Å². The van der Waals surface area contributed by atoms with Gasteiger partial charge in [-0.25, -0.2) is 0 Å². The third-order valence-corrected chi connectivity index (χ3v) is 5.22. The summed E-state index contributed by atoms with van der Waals surface area (Å²) in [6, 6.07) is 10.6. The van der Waals surface area contributed by atoms with E-state index in [0.717, 1.165) is 21.7 Å². The van der Waals surface area contributed by atoms with Crippen molar-refractivity contribution in [2.45, 2.75) is 24.5 Å². The summed E-state index contributed by atoms with van der Waals surface area (Å²) in [4.78, 5) is 1.32. The molecule has 0 saturated heterocycles. The number of benzene rings is 2. The summed E-state index contributed by atoms with van der Waals surface area (Å²) in [6.07, 6.45) is 0. The van der Waals surface area contributed by atoms with E-state index in [-0.39, 0.29) is 0 Å². The Morgan fingerprint density at radius 2 is 1.85 bits per heavy atom. The molecule has 2 nitrogen and oxygen atoms in total. The minimum Gasteiger partial charge on any atom is -0.454 e. The van der Waals surface area contributed by atoms with Crippen molar-refractivity contribution >= 4 is 27.7 Å². The van der Waals surface area contributed by atoms with E-state index in [1.165, 1.54) is 21.6 Å². The molecule has 1 heterocycles. The van der Waals surface area contributed by atoms with Crippen LogP contribution in [0, 0.1) is 13.8 Å². The fraction of sp³-hybridized carbons (Fsp3) is 0.250. The highest BCUT2D eigenvalue weighted by atomic mass is 79.9. The molecule has 2 aromatic rings. The quantitative estimate of drug-likeness (QED) is 0.718. The summed E-state index contributed by atoms with van der Waals surface area (Å²) < 4.78 is 11.9. The fourth-order valence-electron chi connectivity index (χ4n) is 2.19. The van der Waals surface area contributed by atoms with Crippen LogP contribution in [0.15, 0.2) is 39.7 Å². The zero-order valence-electron chi connectivity index (χ0n) is 11.4. The van der Waals surface area contributed by atoms with Crippen molar-refractivity contribution in [2.75, 3.05) is 6.79 Å². The average molecular weight is 351 g/mol. The first-order valence-corrected chi connectivity index (χ1v) is 8.19. The summed E-state index contributed by atoms with van der Waals surface area (Å²) in [7, 11) is 0. The topological polar surface area (TPSA) is 18.5 Å². The van der Waals surface area contributed by atoms with Gasteiger partial charge in [-0.1, -0.05) is 33.6 Å². The molecule has 104 valence electrons. The number of hydrogen-bond donors (Lipinski definition) is 0. The monoisotopic (exact) mass is 350 g/mol. The third-order valence-electron chi connectivity index (χ3n) is 3.26. The molecule has 0 aromatic heterocycles. The number of ether oxygens (including phenoxy) is 2. The minimum absolute atomic E-state index is 0.315. The molecule has 20 heavy (non-hydrogen) atoms. The van der Waals surface area contributed by atoms with E-state index in [1.54, 1.807) is 0 Å². The molecule has 3 rings (SSSR count). The van der Waals surface area contributed by atoms with Crippen LogP contribution in [0.5, 0.6) is 11.5 Å². The van der Waals surface area contributed by atoms with E-state index in [2.05, 4.69) is 54.0 Å². The van der Waals surface area contributed by atoms with Gasteiger partial charge in [-0.2, -0.15) is 0 Å². The predicted octanol–water partition coefficient (Wildman–Crippen LogP) is 5.09. The molecule has 0 bridgehead atoms. The Morgan fingerprint density at radius 3 is 2.60 bits per heavy atom. The Morgan fingerprint density at radius 1 is 1.10 bits per heavy atom. The van der Waals surface area contributed by atoms with Gasteiger partial charge in [-0.05, 0) is 43.2 Å². The average Bonchev–Trinajstić information content (AvgIpc) is 2.84. The summed E-state index contributed by atoms with van der Waals surface area (Å²) in [5.74, 6) is 2.56. The smallest absolute Gasteiger partial charge is 0.231 e. The second kappa shape index (κ2) is 5.70. The maximum Gasteiger partial charge on any atom is 0.231 e. The first-order chi connectivity index (χ1) is 9.63. The maximum absolute atomic E-state index is 5.43. The highest BCUT2D eigenvalue weighted by Crippen LogP contribution is 2.39. The molecule has 4 heteroatoms. The Kier molecular flexibility index (Phi) is 3.94. The second-order valence-corrected chi connectivity index (χ2v) is 6.73. The lowest BCUT2D eigenvalue weighted by molar-refractivity contribution is 0.174. The van der Waals surface area contributed by atoms with Gasteiger partial charge in [-0.15, -0.1) is 11.8 Å². The van der Waals surface area contributed by atoms with E-state index in [1.807, 2.05) is 17.8 Å². The number of rotatable bonds is 3. The SMILES string of the molecule is Cc1ccc(SCc2cc3c(cc2Br)OCO3)c(C)c1. The molecule has 0 atom stereocenters. The van der Waals surface area contributed by atoms with Crippen molar-refractivity contribution in [2.24, 2.45) is 0 Å². The van der Waals surface area contributed by atoms with E-state index in [0.29, 0.717) is 6.79 Å². The van der Waals surface area contributed by atoms with Crippen molar-refractivity contribution < 1.29 is 9.47 Å². The molecule has 0 aliphatic carbocycles. The third kappa shape index (κ3) is 2.81. The number of fused-ring (bicyclic) bond motifs is 1. The van der Waals surface area contributed by atoms with Crippen LogP contribution in [-0.2, 0) is 5.75 Å². The van der Waals surface area contributed by atoms with Crippen LogP contribution in [0.3, 0.4) is 0 Å². The first kappa shape index (κ1) is 13.8. The Labute approximate surface area is 131 Å². The molecule has 1 aliphatic rings. The van der Waals surface area contributed by atoms with Crippen molar-refractivity contribution in [3.05, 3.63) is 51.5 Å². The van der Waals surface area contributed by atoms with Gasteiger partial charge in [0, 0.05) is 15.1 Å². The van der Waals surface area contributed by atoms with Crippen molar-refractivity contribution in [3.63, 3.8) is 0 Å². The number of aryl methyl sites for hydroxylation is 2. The molecule has 0 saturated carbocycles. The maximum atomic E-state index is 5.43. The number of hydrogen-bond acceptors (Lipinski definition) is 3. The molecule has 0 amide bonds. The number of thioether (sulfide) groups is 1. The lowest BCUT2D eigenvalue weighted by atomic mass is 10.2. The molecule has 1 aliphatic heterocycles. The fourth-order valence-corrected chi connectivity index (χ4v) is 3.84. The summed E-state index contributed by atoms with van der Waals surface area (Å²) in [5, 5.41) is 0. The van der Waals surface area contributed by atoms with Crippen LogP contribution < -0.4 is 9.47 Å². The van der Waals surface area contributed by atoms with Crippen molar-refractivity contribution in [3.8, 4) is 11.5 Å². The summed E-state index contributed by atoms with van der Waals surface area (Å²) in [6.45, 7) is 4.59. The number of halogens is 1. The van der Waals surface area contributed by atoms with Crippen LogP contribution in [0.25, 0.3) is 0 Å². The highest BCUT2D eigenvalue weighted by molar-refractivity contribution is 9.10. The van der Waals surface area contributed by atoms with Gasteiger partial charge in [0.05, 0.1) is 0 Å². The van der Waals surface area contributed by atoms with E-state index < -0.39 is 0 Å². The Bertz CT molecular complexity index is 655. The lowest BCUT2D eigenvalue weighted by Gasteiger charge is -2.09.